The van der Waals surface area contributed by atoms with Gasteiger partial charge in [0.05, 0.1) is 0 Å². The first-order chi connectivity index (χ1) is 12.2. The van der Waals surface area contributed by atoms with Crippen molar-refractivity contribution in [2.24, 2.45) is 5.92 Å². The number of aromatic amines is 1. The van der Waals surface area contributed by atoms with Gasteiger partial charge in [-0.2, -0.15) is 5.26 Å². The number of fused-ring (bicyclic) bond motifs is 1. The van der Waals surface area contributed by atoms with Crippen molar-refractivity contribution in [3.05, 3.63) is 40.5 Å². The minimum Gasteiger partial charge on any atom is -0.365 e. The van der Waals surface area contributed by atoms with E-state index in [-0.39, 0.29) is 0 Å². The summed E-state index contributed by atoms with van der Waals surface area (Å²) in [6.45, 7) is 2.32. The molecule has 1 fully saturated rings. The molecule has 0 radical (unpaired) electrons. The van der Waals surface area contributed by atoms with Crippen LogP contribution in [0.15, 0.2) is 34.9 Å². The van der Waals surface area contributed by atoms with Crippen LogP contribution in [0.1, 0.15) is 38.2 Å². The van der Waals surface area contributed by atoms with Crippen LogP contribution < -0.4 is 5.32 Å². The standard InChI is InChI=1S/C19H20BrN5/c1-12-5-7-16(8-6-12)23-19-17(13-3-2-4-15(20)9-13)24-18-14(10-21)11-22-25(18)19/h2-4,9,11-12,16,22-23H,5-8H2,1H3. The fourth-order valence-electron chi connectivity index (χ4n) is 3.57. The number of hydrogen-bond donors (Lipinski definition) is 2. The monoisotopic (exact) mass is 397 g/mol. The molecule has 0 unspecified atom stereocenters. The zero-order valence-electron chi connectivity index (χ0n) is 14.1. The summed E-state index contributed by atoms with van der Waals surface area (Å²) in [6.07, 6.45) is 6.54. The molecule has 2 heterocycles. The first-order valence-corrected chi connectivity index (χ1v) is 9.47. The summed E-state index contributed by atoms with van der Waals surface area (Å²) in [5.41, 5.74) is 3.14. The molecule has 3 aromatic rings. The normalized spacial score (nSPS) is 20.5. The number of halogens is 1. The third-order valence-corrected chi connectivity index (χ3v) is 5.52. The minimum atomic E-state index is 0.441. The molecule has 0 atom stereocenters. The summed E-state index contributed by atoms with van der Waals surface area (Å²) in [4.78, 5) is 4.76. The fraction of sp³-hybridized carbons (Fsp3) is 0.368. The lowest BCUT2D eigenvalue weighted by Gasteiger charge is -2.27. The maximum Gasteiger partial charge on any atom is 0.173 e. The Hall–Kier alpha value is -2.26. The van der Waals surface area contributed by atoms with Gasteiger partial charge in [-0.1, -0.05) is 35.0 Å². The summed E-state index contributed by atoms with van der Waals surface area (Å²) in [6, 6.07) is 10.8. The van der Waals surface area contributed by atoms with Crippen molar-refractivity contribution in [2.45, 2.75) is 38.6 Å². The Kier molecular flexibility index (Phi) is 4.26. The number of hydrogen-bond acceptors (Lipinski definition) is 3. The third kappa shape index (κ3) is 3.05. The van der Waals surface area contributed by atoms with Gasteiger partial charge in [-0.05, 0) is 43.7 Å². The third-order valence-electron chi connectivity index (χ3n) is 5.03. The molecular formula is C19H20BrN5. The highest BCUT2D eigenvalue weighted by atomic mass is 79.9. The van der Waals surface area contributed by atoms with E-state index in [1.807, 2.05) is 22.7 Å². The van der Waals surface area contributed by atoms with Gasteiger partial charge in [0.1, 0.15) is 17.3 Å². The number of nitrogens with one attached hydrogen (secondary N) is 2. The molecule has 1 saturated carbocycles. The lowest BCUT2D eigenvalue weighted by molar-refractivity contribution is 0.360. The van der Waals surface area contributed by atoms with Crippen molar-refractivity contribution in [2.75, 3.05) is 5.32 Å². The molecule has 0 bridgehead atoms. The lowest BCUT2D eigenvalue weighted by atomic mass is 9.87. The van der Waals surface area contributed by atoms with Crippen LogP contribution in [0.2, 0.25) is 0 Å². The summed E-state index contributed by atoms with van der Waals surface area (Å²) < 4.78 is 2.91. The highest BCUT2D eigenvalue weighted by Crippen LogP contribution is 2.33. The Morgan fingerprint density at radius 1 is 1.32 bits per heavy atom. The van der Waals surface area contributed by atoms with Gasteiger partial charge in [-0.3, -0.25) is 5.10 Å². The van der Waals surface area contributed by atoms with Crippen molar-refractivity contribution in [1.29, 1.82) is 5.26 Å². The first kappa shape index (κ1) is 16.2. The van der Waals surface area contributed by atoms with Gasteiger partial charge in [-0.15, -0.1) is 0 Å². The van der Waals surface area contributed by atoms with E-state index in [0.717, 1.165) is 40.3 Å². The molecule has 1 aromatic carbocycles. The van der Waals surface area contributed by atoms with Gasteiger partial charge in [0.25, 0.3) is 0 Å². The van der Waals surface area contributed by atoms with Crippen LogP contribution in [0.25, 0.3) is 16.9 Å². The van der Waals surface area contributed by atoms with Crippen LogP contribution in [0, 0.1) is 17.2 Å². The molecule has 1 aliphatic rings. The SMILES string of the molecule is CC1CCC(Nc2c(-c3cccc(Br)c3)nc3c(C#N)c[nH]n23)CC1. The van der Waals surface area contributed by atoms with Crippen molar-refractivity contribution < 1.29 is 0 Å². The van der Waals surface area contributed by atoms with Crippen LogP contribution in [0.4, 0.5) is 5.82 Å². The van der Waals surface area contributed by atoms with Crippen molar-refractivity contribution >= 4 is 27.4 Å². The van der Waals surface area contributed by atoms with Crippen molar-refractivity contribution in [3.8, 4) is 17.3 Å². The number of benzene rings is 1. The van der Waals surface area contributed by atoms with Crippen LogP contribution in [-0.2, 0) is 0 Å². The van der Waals surface area contributed by atoms with Crippen molar-refractivity contribution in [3.63, 3.8) is 0 Å². The lowest BCUT2D eigenvalue weighted by Crippen LogP contribution is -2.26. The Balaban J connectivity index is 1.78. The number of nitriles is 1. The molecule has 1 aliphatic carbocycles. The minimum absolute atomic E-state index is 0.441. The van der Waals surface area contributed by atoms with Gasteiger partial charge in [0, 0.05) is 22.3 Å². The molecule has 25 heavy (non-hydrogen) atoms. The molecule has 2 aromatic heterocycles. The number of rotatable bonds is 3. The molecular weight excluding hydrogens is 378 g/mol. The topological polar surface area (TPSA) is 68.9 Å². The first-order valence-electron chi connectivity index (χ1n) is 8.68. The maximum absolute atomic E-state index is 9.34. The molecule has 0 aliphatic heterocycles. The highest BCUT2D eigenvalue weighted by Gasteiger charge is 2.23. The van der Waals surface area contributed by atoms with E-state index in [1.165, 1.54) is 12.8 Å². The quantitative estimate of drug-likeness (QED) is 0.656. The van der Waals surface area contributed by atoms with E-state index in [4.69, 9.17) is 4.98 Å². The zero-order valence-corrected chi connectivity index (χ0v) is 15.7. The Labute approximate surface area is 155 Å². The van der Waals surface area contributed by atoms with Crippen LogP contribution in [0.5, 0.6) is 0 Å². The van der Waals surface area contributed by atoms with E-state index >= 15 is 0 Å². The zero-order chi connectivity index (χ0) is 17.4. The van der Waals surface area contributed by atoms with E-state index in [1.54, 1.807) is 6.20 Å². The van der Waals surface area contributed by atoms with E-state index in [0.29, 0.717) is 17.3 Å². The summed E-state index contributed by atoms with van der Waals surface area (Å²) in [7, 11) is 0. The Morgan fingerprint density at radius 2 is 2.12 bits per heavy atom. The number of imidazole rings is 1. The number of nitrogens with zero attached hydrogens (tertiary/aromatic N) is 3. The predicted molar refractivity (Wildman–Crippen MR) is 102 cm³/mol. The smallest absolute Gasteiger partial charge is 0.173 e. The Bertz CT molecular complexity index is 941. The summed E-state index contributed by atoms with van der Waals surface area (Å²) in [5.74, 6) is 1.75. The molecule has 0 amide bonds. The highest BCUT2D eigenvalue weighted by molar-refractivity contribution is 9.10. The fourth-order valence-corrected chi connectivity index (χ4v) is 3.97. The molecule has 5 nitrogen and oxygen atoms in total. The van der Waals surface area contributed by atoms with Gasteiger partial charge in [0.2, 0.25) is 0 Å². The predicted octanol–water partition coefficient (Wildman–Crippen LogP) is 4.95. The maximum atomic E-state index is 9.34. The summed E-state index contributed by atoms with van der Waals surface area (Å²) >= 11 is 3.54. The second-order valence-electron chi connectivity index (χ2n) is 6.88. The van der Waals surface area contributed by atoms with Crippen LogP contribution in [-0.4, -0.2) is 20.6 Å². The van der Waals surface area contributed by atoms with Gasteiger partial charge in [-0.25, -0.2) is 9.50 Å². The second kappa shape index (κ2) is 6.57. The van der Waals surface area contributed by atoms with Gasteiger partial charge in [0.15, 0.2) is 11.5 Å². The van der Waals surface area contributed by atoms with Crippen LogP contribution >= 0.6 is 15.9 Å². The Morgan fingerprint density at radius 3 is 2.84 bits per heavy atom. The van der Waals surface area contributed by atoms with Crippen molar-refractivity contribution in [1.82, 2.24) is 14.6 Å². The van der Waals surface area contributed by atoms with E-state index in [9.17, 15) is 5.26 Å². The molecule has 128 valence electrons. The van der Waals surface area contributed by atoms with Gasteiger partial charge >= 0.3 is 0 Å². The molecule has 4 rings (SSSR count). The number of anilines is 1. The van der Waals surface area contributed by atoms with E-state index in [2.05, 4.69) is 45.4 Å². The summed E-state index contributed by atoms with van der Waals surface area (Å²) in [5, 5.41) is 16.2. The molecule has 2 N–H and O–H groups in total. The number of aromatic nitrogens is 3. The van der Waals surface area contributed by atoms with Crippen LogP contribution in [0.3, 0.4) is 0 Å². The average molecular weight is 398 g/mol. The molecule has 6 heteroatoms. The second-order valence-corrected chi connectivity index (χ2v) is 7.79. The largest absolute Gasteiger partial charge is 0.365 e. The van der Waals surface area contributed by atoms with E-state index < -0.39 is 0 Å². The van der Waals surface area contributed by atoms with Gasteiger partial charge < -0.3 is 5.32 Å². The number of H-pyrrole nitrogens is 1. The molecule has 0 saturated heterocycles. The average Bonchev–Trinajstić information content (AvgIpc) is 3.17. The molecule has 0 spiro atoms.